The smallest absolute Gasteiger partial charge is 0.0954 e. The first kappa shape index (κ1) is 13.6. The van der Waals surface area contributed by atoms with Crippen molar-refractivity contribution in [1.29, 1.82) is 0 Å². The SMILES string of the molecule is CCNCC(O)Cc1nc(C(C)(C)C)cs1. The molecule has 1 heterocycles. The number of rotatable bonds is 5. The van der Waals surface area contributed by atoms with Crippen LogP contribution in [0, 0.1) is 0 Å². The lowest BCUT2D eigenvalue weighted by Crippen LogP contribution is -2.28. The Balaban J connectivity index is 2.52. The van der Waals surface area contributed by atoms with Crippen LogP contribution < -0.4 is 5.32 Å². The summed E-state index contributed by atoms with van der Waals surface area (Å²) >= 11 is 1.64. The van der Waals surface area contributed by atoms with Crippen molar-refractivity contribution in [2.24, 2.45) is 0 Å². The summed E-state index contributed by atoms with van der Waals surface area (Å²) in [7, 11) is 0. The Labute approximate surface area is 102 Å². The molecule has 0 bridgehead atoms. The van der Waals surface area contributed by atoms with Crippen LogP contribution in [0.25, 0.3) is 0 Å². The van der Waals surface area contributed by atoms with Crippen LogP contribution in [0.4, 0.5) is 0 Å². The van der Waals surface area contributed by atoms with Gasteiger partial charge in [-0.25, -0.2) is 4.98 Å². The molecule has 1 rings (SSSR count). The lowest BCUT2D eigenvalue weighted by atomic mass is 9.93. The predicted octanol–water partition coefficient (Wildman–Crippen LogP) is 1.95. The zero-order valence-corrected chi connectivity index (χ0v) is 11.4. The molecule has 16 heavy (non-hydrogen) atoms. The van der Waals surface area contributed by atoms with Gasteiger partial charge in [-0.3, -0.25) is 0 Å². The number of aromatic nitrogens is 1. The second kappa shape index (κ2) is 5.75. The molecule has 0 aliphatic carbocycles. The quantitative estimate of drug-likeness (QED) is 0.829. The van der Waals surface area contributed by atoms with Gasteiger partial charge in [0.2, 0.25) is 0 Å². The summed E-state index contributed by atoms with van der Waals surface area (Å²) in [5, 5.41) is 16.0. The van der Waals surface area contributed by atoms with Crippen molar-refractivity contribution in [3.8, 4) is 0 Å². The Morgan fingerprint density at radius 2 is 2.19 bits per heavy atom. The van der Waals surface area contributed by atoms with Gasteiger partial charge in [-0.2, -0.15) is 0 Å². The Kier molecular flexibility index (Phi) is 4.89. The van der Waals surface area contributed by atoms with E-state index >= 15 is 0 Å². The topological polar surface area (TPSA) is 45.1 Å². The maximum atomic E-state index is 9.75. The van der Waals surface area contributed by atoms with E-state index in [1.807, 2.05) is 6.92 Å². The second-order valence-electron chi connectivity index (χ2n) is 5.04. The maximum Gasteiger partial charge on any atom is 0.0954 e. The molecule has 4 heteroatoms. The van der Waals surface area contributed by atoms with Gasteiger partial charge in [-0.15, -0.1) is 11.3 Å². The zero-order chi connectivity index (χ0) is 12.2. The molecule has 3 nitrogen and oxygen atoms in total. The standard InChI is InChI=1S/C12H22N2OS/c1-5-13-7-9(15)6-11-14-10(8-16-11)12(2,3)4/h8-9,13,15H,5-7H2,1-4H3. The summed E-state index contributed by atoms with van der Waals surface area (Å²) in [6, 6.07) is 0. The van der Waals surface area contributed by atoms with Crippen LogP contribution in [-0.4, -0.2) is 29.3 Å². The lowest BCUT2D eigenvalue weighted by molar-refractivity contribution is 0.172. The van der Waals surface area contributed by atoms with E-state index in [4.69, 9.17) is 0 Å². The molecule has 0 saturated carbocycles. The fourth-order valence-electron chi connectivity index (χ4n) is 1.33. The molecule has 0 radical (unpaired) electrons. The summed E-state index contributed by atoms with van der Waals surface area (Å²) in [6.45, 7) is 10.0. The summed E-state index contributed by atoms with van der Waals surface area (Å²) in [5.41, 5.74) is 1.21. The molecular weight excluding hydrogens is 220 g/mol. The molecule has 0 spiro atoms. The van der Waals surface area contributed by atoms with Crippen LogP contribution >= 0.6 is 11.3 Å². The normalized spacial score (nSPS) is 14.1. The molecule has 0 fully saturated rings. The fourth-order valence-corrected chi connectivity index (χ4v) is 2.43. The molecule has 0 amide bonds. The first-order valence-electron chi connectivity index (χ1n) is 5.77. The minimum absolute atomic E-state index is 0.0986. The van der Waals surface area contributed by atoms with Gasteiger partial charge < -0.3 is 10.4 Å². The highest BCUT2D eigenvalue weighted by Gasteiger charge is 2.18. The summed E-state index contributed by atoms with van der Waals surface area (Å²) in [6.07, 6.45) is 0.312. The first-order valence-corrected chi connectivity index (χ1v) is 6.65. The average Bonchev–Trinajstić information content (AvgIpc) is 2.62. The van der Waals surface area contributed by atoms with Gasteiger partial charge in [0, 0.05) is 23.8 Å². The third-order valence-corrected chi connectivity index (χ3v) is 3.23. The summed E-state index contributed by atoms with van der Waals surface area (Å²) in [5.74, 6) is 0. The number of aliphatic hydroxyl groups is 1. The van der Waals surface area contributed by atoms with Crippen LogP contribution in [0.3, 0.4) is 0 Å². The van der Waals surface area contributed by atoms with Gasteiger partial charge in [-0.1, -0.05) is 27.7 Å². The highest BCUT2D eigenvalue weighted by molar-refractivity contribution is 7.09. The number of hydrogen-bond acceptors (Lipinski definition) is 4. The second-order valence-corrected chi connectivity index (χ2v) is 5.98. The number of aliphatic hydroxyl groups excluding tert-OH is 1. The molecule has 1 unspecified atom stereocenters. The summed E-state index contributed by atoms with van der Waals surface area (Å²) < 4.78 is 0. The molecule has 0 aliphatic heterocycles. The Hall–Kier alpha value is -0.450. The van der Waals surface area contributed by atoms with E-state index in [0.717, 1.165) is 17.2 Å². The van der Waals surface area contributed by atoms with Crippen LogP contribution in [0.2, 0.25) is 0 Å². The highest BCUT2D eigenvalue weighted by Crippen LogP contribution is 2.24. The van der Waals surface area contributed by atoms with Crippen molar-refractivity contribution in [3.05, 3.63) is 16.1 Å². The van der Waals surface area contributed by atoms with Crippen LogP contribution in [-0.2, 0) is 11.8 Å². The highest BCUT2D eigenvalue weighted by atomic mass is 32.1. The van der Waals surface area contributed by atoms with E-state index in [1.54, 1.807) is 11.3 Å². The van der Waals surface area contributed by atoms with Gasteiger partial charge in [-0.05, 0) is 6.54 Å². The molecule has 2 N–H and O–H groups in total. The van der Waals surface area contributed by atoms with Crippen molar-refractivity contribution in [1.82, 2.24) is 10.3 Å². The monoisotopic (exact) mass is 242 g/mol. The molecule has 92 valence electrons. The molecule has 0 aromatic carbocycles. The van der Waals surface area contributed by atoms with Crippen molar-refractivity contribution in [2.75, 3.05) is 13.1 Å². The van der Waals surface area contributed by atoms with Crippen LogP contribution in [0.1, 0.15) is 38.4 Å². The van der Waals surface area contributed by atoms with Gasteiger partial charge >= 0.3 is 0 Å². The van der Waals surface area contributed by atoms with E-state index in [1.165, 1.54) is 0 Å². The van der Waals surface area contributed by atoms with E-state index in [2.05, 4.69) is 36.5 Å². The van der Waals surface area contributed by atoms with Gasteiger partial charge in [0.05, 0.1) is 16.8 Å². The lowest BCUT2D eigenvalue weighted by Gasteiger charge is -2.14. The van der Waals surface area contributed by atoms with Gasteiger partial charge in [0.15, 0.2) is 0 Å². The van der Waals surface area contributed by atoms with Gasteiger partial charge in [0.25, 0.3) is 0 Å². The number of likely N-dealkylation sites (N-methyl/N-ethyl adjacent to an activating group) is 1. The van der Waals surface area contributed by atoms with Gasteiger partial charge in [0.1, 0.15) is 0 Å². The van der Waals surface area contributed by atoms with Crippen LogP contribution in [0.15, 0.2) is 5.38 Å². The molecular formula is C12H22N2OS. The predicted molar refractivity (Wildman–Crippen MR) is 69.1 cm³/mol. The molecule has 1 atom stereocenters. The van der Waals surface area contributed by atoms with Crippen LogP contribution in [0.5, 0.6) is 0 Å². The first-order chi connectivity index (χ1) is 7.43. The molecule has 1 aromatic heterocycles. The minimum atomic E-state index is -0.334. The third-order valence-electron chi connectivity index (χ3n) is 2.36. The Bertz CT molecular complexity index is 317. The largest absolute Gasteiger partial charge is 0.391 e. The molecule has 1 aromatic rings. The fraction of sp³-hybridized carbons (Fsp3) is 0.750. The number of nitrogens with zero attached hydrogens (tertiary/aromatic N) is 1. The number of thiazole rings is 1. The van der Waals surface area contributed by atoms with Crippen molar-refractivity contribution in [2.45, 2.75) is 45.6 Å². The van der Waals surface area contributed by atoms with E-state index < -0.39 is 0 Å². The molecule has 0 saturated heterocycles. The van der Waals surface area contributed by atoms with Crippen molar-refractivity contribution in [3.63, 3.8) is 0 Å². The average molecular weight is 242 g/mol. The Morgan fingerprint density at radius 1 is 1.50 bits per heavy atom. The van der Waals surface area contributed by atoms with E-state index in [9.17, 15) is 5.11 Å². The minimum Gasteiger partial charge on any atom is -0.391 e. The Morgan fingerprint density at radius 3 is 2.69 bits per heavy atom. The maximum absolute atomic E-state index is 9.75. The number of hydrogen-bond donors (Lipinski definition) is 2. The van der Waals surface area contributed by atoms with Crippen molar-refractivity contribution >= 4 is 11.3 Å². The molecule has 0 aliphatic rings. The zero-order valence-electron chi connectivity index (χ0n) is 10.6. The summed E-state index contributed by atoms with van der Waals surface area (Å²) in [4.78, 5) is 4.56. The van der Waals surface area contributed by atoms with Crippen molar-refractivity contribution < 1.29 is 5.11 Å². The number of nitrogens with one attached hydrogen (secondary N) is 1. The third kappa shape index (κ3) is 4.20. The van der Waals surface area contributed by atoms with E-state index in [0.29, 0.717) is 13.0 Å². The van der Waals surface area contributed by atoms with E-state index in [-0.39, 0.29) is 11.5 Å².